The van der Waals surface area contributed by atoms with Gasteiger partial charge in [0.2, 0.25) is 0 Å². The minimum atomic E-state index is 0.0123. The highest BCUT2D eigenvalue weighted by molar-refractivity contribution is 4.87. The Morgan fingerprint density at radius 3 is 2.00 bits per heavy atom. The van der Waals surface area contributed by atoms with Crippen molar-refractivity contribution in [2.75, 3.05) is 13.1 Å². The zero-order chi connectivity index (χ0) is 8.39. The van der Waals surface area contributed by atoms with Crippen LogP contribution in [0, 0.1) is 0 Å². The van der Waals surface area contributed by atoms with Crippen molar-refractivity contribution in [3.63, 3.8) is 0 Å². The van der Waals surface area contributed by atoms with Gasteiger partial charge in [-0.25, -0.2) is 0 Å². The normalized spacial score (nSPS) is 38.8. The number of hydrogen-bond acceptors (Lipinski definition) is 2. The van der Waals surface area contributed by atoms with Crippen LogP contribution in [0.15, 0.2) is 0 Å². The van der Waals surface area contributed by atoms with Crippen LogP contribution in [0.1, 0.15) is 38.5 Å². The van der Waals surface area contributed by atoms with Crippen LogP contribution in [-0.2, 0) is 0 Å². The minimum Gasteiger partial charge on any atom is -0.393 e. The van der Waals surface area contributed by atoms with Crippen LogP contribution < -0.4 is 0 Å². The number of likely N-dealkylation sites (tertiary alicyclic amines) is 1. The Kier molecular flexibility index (Phi) is 2.66. The molecule has 1 N–H and O–H groups in total. The lowest BCUT2D eigenvalue weighted by Gasteiger charge is -2.40. The Morgan fingerprint density at radius 1 is 0.917 bits per heavy atom. The maximum Gasteiger partial charge on any atom is 0.0570 e. The number of hydrogen-bond donors (Lipinski definition) is 1. The first-order chi connectivity index (χ1) is 5.86. The summed E-state index contributed by atoms with van der Waals surface area (Å²) in [4.78, 5) is 2.58. The van der Waals surface area contributed by atoms with Crippen molar-refractivity contribution in [1.29, 1.82) is 0 Å². The van der Waals surface area contributed by atoms with Crippen LogP contribution in [0.5, 0.6) is 0 Å². The van der Waals surface area contributed by atoms with Crippen LogP contribution >= 0.6 is 0 Å². The highest BCUT2D eigenvalue weighted by Crippen LogP contribution is 2.27. The van der Waals surface area contributed by atoms with E-state index in [2.05, 4.69) is 4.90 Å². The SMILES string of the molecule is O[C@H]1C[C@@H](N2CCCCCC2)C1. The fraction of sp³-hybridized carbons (Fsp3) is 1.00. The van der Waals surface area contributed by atoms with E-state index in [-0.39, 0.29) is 6.10 Å². The molecule has 0 aromatic rings. The summed E-state index contributed by atoms with van der Waals surface area (Å²) in [5, 5.41) is 9.19. The van der Waals surface area contributed by atoms with E-state index in [1.165, 1.54) is 38.8 Å². The maximum atomic E-state index is 9.19. The van der Waals surface area contributed by atoms with Gasteiger partial charge in [0.15, 0.2) is 0 Å². The highest BCUT2D eigenvalue weighted by atomic mass is 16.3. The average molecular weight is 169 g/mol. The second-order valence-electron chi connectivity index (χ2n) is 4.23. The second kappa shape index (κ2) is 3.75. The molecule has 2 nitrogen and oxygen atoms in total. The average Bonchev–Trinajstić information content (AvgIpc) is 2.26. The standard InChI is InChI=1S/C10H19NO/c12-10-7-9(8-10)11-5-3-1-2-4-6-11/h9-10,12H,1-8H2/t9-,10+. The monoisotopic (exact) mass is 169 g/mol. The first-order valence-electron chi connectivity index (χ1n) is 5.28. The van der Waals surface area contributed by atoms with Gasteiger partial charge in [-0.2, -0.15) is 0 Å². The Balaban J connectivity index is 1.78. The molecule has 0 atom stereocenters. The predicted octanol–water partition coefficient (Wildman–Crippen LogP) is 1.39. The fourth-order valence-corrected chi connectivity index (χ4v) is 2.32. The van der Waals surface area contributed by atoms with Gasteiger partial charge in [0.25, 0.3) is 0 Å². The molecular weight excluding hydrogens is 150 g/mol. The molecule has 0 amide bonds. The zero-order valence-electron chi connectivity index (χ0n) is 7.71. The molecule has 0 radical (unpaired) electrons. The third kappa shape index (κ3) is 1.80. The number of rotatable bonds is 1. The van der Waals surface area contributed by atoms with E-state index in [1.807, 2.05) is 0 Å². The van der Waals surface area contributed by atoms with Crippen molar-refractivity contribution < 1.29 is 5.11 Å². The van der Waals surface area contributed by atoms with Crippen LogP contribution in [0.4, 0.5) is 0 Å². The third-order valence-electron chi connectivity index (χ3n) is 3.25. The molecule has 1 heterocycles. The van der Waals surface area contributed by atoms with E-state index in [1.54, 1.807) is 0 Å². The molecule has 2 rings (SSSR count). The Hall–Kier alpha value is -0.0800. The number of aliphatic hydroxyl groups is 1. The van der Waals surface area contributed by atoms with Crippen molar-refractivity contribution in [1.82, 2.24) is 4.90 Å². The molecule has 1 aliphatic heterocycles. The van der Waals surface area contributed by atoms with E-state index in [0.717, 1.165) is 18.9 Å². The lowest BCUT2D eigenvalue weighted by molar-refractivity contribution is 0.00302. The molecule has 2 heteroatoms. The summed E-state index contributed by atoms with van der Waals surface area (Å²) in [5.41, 5.74) is 0. The summed E-state index contributed by atoms with van der Waals surface area (Å²) in [6.45, 7) is 2.55. The van der Waals surface area contributed by atoms with Gasteiger partial charge >= 0.3 is 0 Å². The van der Waals surface area contributed by atoms with Gasteiger partial charge in [0.1, 0.15) is 0 Å². The van der Waals surface area contributed by atoms with E-state index in [0.29, 0.717) is 0 Å². The summed E-state index contributed by atoms with van der Waals surface area (Å²) >= 11 is 0. The molecule has 1 aliphatic carbocycles. The molecule has 1 saturated carbocycles. The number of aliphatic hydroxyl groups excluding tert-OH is 1. The van der Waals surface area contributed by atoms with Crippen LogP contribution in [0.25, 0.3) is 0 Å². The van der Waals surface area contributed by atoms with Gasteiger partial charge in [0.05, 0.1) is 6.10 Å². The van der Waals surface area contributed by atoms with Crippen molar-refractivity contribution in [3.8, 4) is 0 Å². The Morgan fingerprint density at radius 2 is 1.50 bits per heavy atom. The predicted molar refractivity (Wildman–Crippen MR) is 49.1 cm³/mol. The number of nitrogens with zero attached hydrogens (tertiary/aromatic N) is 1. The summed E-state index contributed by atoms with van der Waals surface area (Å²) in [5.74, 6) is 0. The van der Waals surface area contributed by atoms with Gasteiger partial charge in [0, 0.05) is 6.04 Å². The molecule has 70 valence electrons. The fourth-order valence-electron chi connectivity index (χ4n) is 2.32. The van der Waals surface area contributed by atoms with Crippen LogP contribution in [0.2, 0.25) is 0 Å². The first-order valence-corrected chi connectivity index (χ1v) is 5.28. The molecule has 0 bridgehead atoms. The molecule has 2 fully saturated rings. The van der Waals surface area contributed by atoms with Gasteiger partial charge in [-0.1, -0.05) is 12.8 Å². The van der Waals surface area contributed by atoms with Crippen molar-refractivity contribution in [2.24, 2.45) is 0 Å². The van der Waals surface area contributed by atoms with E-state index < -0.39 is 0 Å². The molecule has 0 aromatic heterocycles. The summed E-state index contributed by atoms with van der Waals surface area (Å²) in [6, 6.07) is 0.720. The molecule has 12 heavy (non-hydrogen) atoms. The smallest absolute Gasteiger partial charge is 0.0570 e. The largest absolute Gasteiger partial charge is 0.393 e. The molecule has 2 aliphatic rings. The highest BCUT2D eigenvalue weighted by Gasteiger charge is 2.31. The maximum absolute atomic E-state index is 9.19. The molecule has 0 unspecified atom stereocenters. The topological polar surface area (TPSA) is 23.5 Å². The van der Waals surface area contributed by atoms with Crippen molar-refractivity contribution in [2.45, 2.75) is 50.7 Å². The molecule has 1 saturated heterocycles. The quantitative estimate of drug-likeness (QED) is 0.641. The summed E-state index contributed by atoms with van der Waals surface area (Å²) in [7, 11) is 0. The zero-order valence-corrected chi connectivity index (χ0v) is 7.71. The van der Waals surface area contributed by atoms with E-state index >= 15 is 0 Å². The lowest BCUT2D eigenvalue weighted by atomic mass is 9.88. The van der Waals surface area contributed by atoms with Gasteiger partial charge in [-0.3, -0.25) is 0 Å². The molecule has 0 spiro atoms. The van der Waals surface area contributed by atoms with Crippen molar-refractivity contribution >= 4 is 0 Å². The van der Waals surface area contributed by atoms with E-state index in [9.17, 15) is 5.11 Å². The van der Waals surface area contributed by atoms with E-state index in [4.69, 9.17) is 0 Å². The second-order valence-corrected chi connectivity index (χ2v) is 4.23. The lowest BCUT2D eigenvalue weighted by Crippen LogP contribution is -2.47. The summed E-state index contributed by atoms with van der Waals surface area (Å²) in [6.07, 6.45) is 7.62. The Labute approximate surface area is 74.6 Å². The first kappa shape index (κ1) is 8.52. The molecule has 0 aromatic carbocycles. The minimum absolute atomic E-state index is 0.0123. The summed E-state index contributed by atoms with van der Waals surface area (Å²) < 4.78 is 0. The van der Waals surface area contributed by atoms with Gasteiger partial charge in [-0.15, -0.1) is 0 Å². The molecular formula is C10H19NO. The van der Waals surface area contributed by atoms with Gasteiger partial charge in [-0.05, 0) is 38.8 Å². The van der Waals surface area contributed by atoms with Crippen LogP contribution in [0.3, 0.4) is 0 Å². The Bertz CT molecular complexity index is 135. The third-order valence-corrected chi connectivity index (χ3v) is 3.25. The van der Waals surface area contributed by atoms with Crippen LogP contribution in [-0.4, -0.2) is 35.2 Å². The van der Waals surface area contributed by atoms with Crippen molar-refractivity contribution in [3.05, 3.63) is 0 Å². The van der Waals surface area contributed by atoms with Gasteiger partial charge < -0.3 is 10.0 Å².